The van der Waals surface area contributed by atoms with Crippen LogP contribution in [0.3, 0.4) is 0 Å². The van der Waals surface area contributed by atoms with Gasteiger partial charge in [-0.25, -0.2) is 4.79 Å². The number of carboxylic acid groups (broad SMARTS) is 1. The van der Waals surface area contributed by atoms with E-state index in [0.29, 0.717) is 6.42 Å². The van der Waals surface area contributed by atoms with Gasteiger partial charge < -0.3 is 14.9 Å². The predicted molar refractivity (Wildman–Crippen MR) is 43.8 cm³/mol. The van der Waals surface area contributed by atoms with E-state index in [-0.39, 0.29) is 13.4 Å². The molecule has 0 bridgehead atoms. The highest BCUT2D eigenvalue weighted by atomic mass is 16.5. The number of methoxy groups -OCH3 is 1. The second-order valence-electron chi connectivity index (χ2n) is 1.48. The SMILES string of the molecule is C.CCC(=O)OC.O=C(O)CO. The van der Waals surface area contributed by atoms with Crippen LogP contribution in [0.1, 0.15) is 20.8 Å². The lowest BCUT2D eigenvalue weighted by Gasteiger charge is -1.87. The molecule has 0 rings (SSSR count). The van der Waals surface area contributed by atoms with Crippen molar-refractivity contribution in [1.29, 1.82) is 0 Å². The molecule has 0 radical (unpaired) electrons. The minimum absolute atomic E-state index is 0. The summed E-state index contributed by atoms with van der Waals surface area (Å²) < 4.78 is 4.26. The van der Waals surface area contributed by atoms with E-state index in [2.05, 4.69) is 4.74 Å². The Labute approximate surface area is 72.0 Å². The van der Waals surface area contributed by atoms with Crippen molar-refractivity contribution in [2.45, 2.75) is 20.8 Å². The number of carboxylic acids is 1. The van der Waals surface area contributed by atoms with Crippen LogP contribution in [0.15, 0.2) is 0 Å². The van der Waals surface area contributed by atoms with Gasteiger partial charge in [-0.1, -0.05) is 14.4 Å². The lowest BCUT2D eigenvalue weighted by atomic mass is 10.5. The molecule has 0 saturated heterocycles. The highest BCUT2D eigenvalue weighted by Gasteiger charge is 1.87. The summed E-state index contributed by atoms with van der Waals surface area (Å²) in [4.78, 5) is 19.1. The van der Waals surface area contributed by atoms with Crippen molar-refractivity contribution in [2.75, 3.05) is 13.7 Å². The molecule has 0 unspecified atom stereocenters. The Kier molecular flexibility index (Phi) is 17.9. The highest BCUT2D eigenvalue weighted by molar-refractivity contribution is 5.68. The van der Waals surface area contributed by atoms with Crippen molar-refractivity contribution in [3.8, 4) is 0 Å². The summed E-state index contributed by atoms with van der Waals surface area (Å²) in [5.41, 5.74) is 0. The summed E-state index contributed by atoms with van der Waals surface area (Å²) in [6.45, 7) is 0.978. The first-order valence-corrected chi connectivity index (χ1v) is 2.97. The second-order valence-corrected chi connectivity index (χ2v) is 1.48. The van der Waals surface area contributed by atoms with Crippen LogP contribution >= 0.6 is 0 Å². The third-order valence-corrected chi connectivity index (χ3v) is 0.652. The number of ether oxygens (including phenoxy) is 1. The molecule has 2 N–H and O–H groups in total. The zero-order valence-electron chi connectivity index (χ0n) is 6.53. The van der Waals surface area contributed by atoms with E-state index in [1.807, 2.05) is 0 Å². The maximum Gasteiger partial charge on any atom is 0.329 e. The van der Waals surface area contributed by atoms with Gasteiger partial charge in [-0.3, -0.25) is 4.79 Å². The molecular formula is C7H16O5. The first-order chi connectivity index (χ1) is 5.08. The van der Waals surface area contributed by atoms with Crippen LogP contribution in [0.4, 0.5) is 0 Å². The highest BCUT2D eigenvalue weighted by Crippen LogP contribution is 1.76. The summed E-state index contributed by atoms with van der Waals surface area (Å²) in [7, 11) is 1.38. The molecule has 0 atom stereocenters. The van der Waals surface area contributed by atoms with Crippen molar-refractivity contribution in [3.63, 3.8) is 0 Å². The second kappa shape index (κ2) is 12.6. The monoisotopic (exact) mass is 180 g/mol. The molecule has 0 amide bonds. The number of aliphatic hydroxyl groups is 1. The molecule has 74 valence electrons. The fraction of sp³-hybridized carbons (Fsp3) is 0.714. The molecule has 0 aromatic rings. The van der Waals surface area contributed by atoms with Gasteiger partial charge in [0.2, 0.25) is 0 Å². The Hall–Kier alpha value is -1.10. The zero-order chi connectivity index (χ0) is 9.28. The van der Waals surface area contributed by atoms with Crippen LogP contribution in [0.2, 0.25) is 0 Å². The third-order valence-electron chi connectivity index (χ3n) is 0.652. The van der Waals surface area contributed by atoms with Gasteiger partial charge in [-0.2, -0.15) is 0 Å². The summed E-state index contributed by atoms with van der Waals surface area (Å²) in [5.74, 6) is -1.35. The number of carbonyl (C=O) groups excluding carboxylic acids is 1. The maximum absolute atomic E-state index is 9.96. The van der Waals surface area contributed by atoms with E-state index < -0.39 is 12.6 Å². The number of hydrogen-bond acceptors (Lipinski definition) is 4. The van der Waals surface area contributed by atoms with E-state index in [0.717, 1.165) is 0 Å². The van der Waals surface area contributed by atoms with Gasteiger partial charge in [-0.15, -0.1) is 0 Å². The lowest BCUT2D eigenvalue weighted by molar-refractivity contribution is -0.141. The molecule has 0 aliphatic carbocycles. The average Bonchev–Trinajstić information content (AvgIpc) is 2.04. The van der Waals surface area contributed by atoms with Gasteiger partial charge in [0.15, 0.2) is 0 Å². The average molecular weight is 180 g/mol. The topological polar surface area (TPSA) is 83.8 Å². The van der Waals surface area contributed by atoms with Crippen LogP contribution in [0, 0.1) is 0 Å². The van der Waals surface area contributed by atoms with E-state index in [9.17, 15) is 4.79 Å². The molecule has 0 spiro atoms. The summed E-state index contributed by atoms with van der Waals surface area (Å²) in [6, 6.07) is 0. The summed E-state index contributed by atoms with van der Waals surface area (Å²) in [6.07, 6.45) is 0.469. The Balaban J connectivity index is -0.000000126. The zero-order valence-corrected chi connectivity index (χ0v) is 6.53. The number of esters is 1. The number of rotatable bonds is 2. The summed E-state index contributed by atoms with van der Waals surface area (Å²) in [5, 5.41) is 15.0. The van der Waals surface area contributed by atoms with Gasteiger partial charge in [0.05, 0.1) is 7.11 Å². The molecule has 0 aromatic heterocycles. The molecule has 12 heavy (non-hydrogen) atoms. The van der Waals surface area contributed by atoms with Crippen LogP contribution in [0.25, 0.3) is 0 Å². The predicted octanol–water partition coefficient (Wildman–Crippen LogP) is 0.269. The smallest absolute Gasteiger partial charge is 0.329 e. The minimum atomic E-state index is -1.19. The number of aliphatic carboxylic acids is 1. The van der Waals surface area contributed by atoms with Gasteiger partial charge in [0.1, 0.15) is 6.61 Å². The van der Waals surface area contributed by atoms with Crippen molar-refractivity contribution in [3.05, 3.63) is 0 Å². The van der Waals surface area contributed by atoms with Crippen molar-refractivity contribution in [2.24, 2.45) is 0 Å². The number of aliphatic hydroxyl groups excluding tert-OH is 1. The summed E-state index contributed by atoms with van der Waals surface area (Å²) >= 11 is 0. The Bertz CT molecular complexity index is 115. The third kappa shape index (κ3) is 23.1. The molecule has 0 aromatic carbocycles. The molecule has 0 aliphatic rings. The molecule has 0 saturated carbocycles. The van der Waals surface area contributed by atoms with E-state index in [1.54, 1.807) is 6.92 Å². The lowest BCUT2D eigenvalue weighted by Crippen LogP contribution is -1.98. The number of hydrogen-bond donors (Lipinski definition) is 2. The van der Waals surface area contributed by atoms with Crippen molar-refractivity contribution >= 4 is 11.9 Å². The van der Waals surface area contributed by atoms with Crippen LogP contribution in [-0.4, -0.2) is 35.9 Å². The quantitative estimate of drug-likeness (QED) is 0.596. The normalized spacial score (nSPS) is 6.92. The van der Waals surface area contributed by atoms with E-state index >= 15 is 0 Å². The number of carbonyl (C=O) groups is 2. The van der Waals surface area contributed by atoms with Gasteiger partial charge >= 0.3 is 11.9 Å². The standard InChI is InChI=1S/C4H8O2.C2H4O3.CH4/c1-3-4(5)6-2;3-1-2(4)5;/h3H2,1-2H3;3H,1H2,(H,4,5);1H4. The minimum Gasteiger partial charge on any atom is -0.480 e. The van der Waals surface area contributed by atoms with Crippen molar-refractivity contribution < 1.29 is 24.5 Å². The molecule has 0 fully saturated rings. The Morgan fingerprint density at radius 3 is 1.75 bits per heavy atom. The maximum atomic E-state index is 9.96. The van der Waals surface area contributed by atoms with Crippen LogP contribution in [0.5, 0.6) is 0 Å². The molecule has 0 aliphatic heterocycles. The molecule has 0 heterocycles. The first kappa shape index (κ1) is 17.1. The van der Waals surface area contributed by atoms with Crippen LogP contribution < -0.4 is 0 Å². The van der Waals surface area contributed by atoms with E-state index in [1.165, 1.54) is 7.11 Å². The first-order valence-electron chi connectivity index (χ1n) is 2.97. The van der Waals surface area contributed by atoms with Crippen LogP contribution in [-0.2, 0) is 14.3 Å². The van der Waals surface area contributed by atoms with Gasteiger partial charge in [-0.05, 0) is 0 Å². The van der Waals surface area contributed by atoms with Crippen molar-refractivity contribution in [1.82, 2.24) is 0 Å². The Morgan fingerprint density at radius 2 is 1.75 bits per heavy atom. The molecular weight excluding hydrogens is 164 g/mol. The fourth-order valence-corrected chi connectivity index (χ4v) is 0.144. The van der Waals surface area contributed by atoms with Gasteiger partial charge in [0, 0.05) is 6.42 Å². The fourth-order valence-electron chi connectivity index (χ4n) is 0.144. The molecule has 5 heteroatoms. The largest absolute Gasteiger partial charge is 0.480 e. The molecule has 5 nitrogen and oxygen atoms in total. The van der Waals surface area contributed by atoms with E-state index in [4.69, 9.17) is 15.0 Å². The van der Waals surface area contributed by atoms with Gasteiger partial charge in [0.25, 0.3) is 0 Å². The Morgan fingerprint density at radius 1 is 1.42 bits per heavy atom.